The topological polar surface area (TPSA) is 58.3 Å². The van der Waals surface area contributed by atoms with E-state index < -0.39 is 0 Å². The van der Waals surface area contributed by atoms with Crippen LogP contribution in [0.3, 0.4) is 0 Å². The molecule has 18 heavy (non-hydrogen) atoms. The second-order valence-electron chi connectivity index (χ2n) is 5.24. The molecular weight excluding hydrogens is 226 g/mol. The first-order valence-corrected chi connectivity index (χ1v) is 6.78. The van der Waals surface area contributed by atoms with Crippen LogP contribution in [0.1, 0.15) is 30.0 Å². The van der Waals surface area contributed by atoms with Crippen molar-refractivity contribution in [1.29, 1.82) is 0 Å². The lowest BCUT2D eigenvalue weighted by molar-refractivity contribution is 0.00862. The van der Waals surface area contributed by atoms with Gasteiger partial charge >= 0.3 is 0 Å². The van der Waals surface area contributed by atoms with Gasteiger partial charge in [0.2, 0.25) is 0 Å². The third kappa shape index (κ3) is 1.87. The third-order valence-electron chi connectivity index (χ3n) is 4.21. The standard InChI is InChI=1S/C13H21N5/c1-3-10-9(2)12(14)16-13(15-10)11-8-17-4-6-18(11)7-5-17/h11H,3-8H2,1-2H3,(H2,14,15,16). The Labute approximate surface area is 108 Å². The van der Waals surface area contributed by atoms with Gasteiger partial charge in [0.1, 0.15) is 11.6 Å². The van der Waals surface area contributed by atoms with E-state index in [4.69, 9.17) is 10.7 Å². The van der Waals surface area contributed by atoms with E-state index >= 15 is 0 Å². The highest BCUT2D eigenvalue weighted by atomic mass is 15.4. The average Bonchev–Trinajstić information content (AvgIpc) is 2.43. The van der Waals surface area contributed by atoms with E-state index in [1.807, 2.05) is 6.92 Å². The van der Waals surface area contributed by atoms with Crippen molar-refractivity contribution in [2.45, 2.75) is 26.3 Å². The number of anilines is 1. The quantitative estimate of drug-likeness (QED) is 0.829. The van der Waals surface area contributed by atoms with Crippen LogP contribution in [0.5, 0.6) is 0 Å². The number of nitrogens with two attached hydrogens (primary N) is 1. The lowest BCUT2D eigenvalue weighted by Crippen LogP contribution is -2.57. The van der Waals surface area contributed by atoms with Crippen molar-refractivity contribution in [2.75, 3.05) is 38.5 Å². The monoisotopic (exact) mass is 247 g/mol. The summed E-state index contributed by atoms with van der Waals surface area (Å²) in [6, 6.07) is 0.334. The summed E-state index contributed by atoms with van der Waals surface area (Å²) >= 11 is 0. The minimum absolute atomic E-state index is 0.334. The van der Waals surface area contributed by atoms with Gasteiger partial charge in [-0.1, -0.05) is 6.92 Å². The molecule has 3 aliphatic heterocycles. The molecule has 1 aromatic rings. The number of fused-ring (bicyclic) bond motifs is 3. The zero-order valence-corrected chi connectivity index (χ0v) is 11.2. The van der Waals surface area contributed by atoms with E-state index in [1.165, 1.54) is 13.1 Å². The summed E-state index contributed by atoms with van der Waals surface area (Å²) in [7, 11) is 0. The Balaban J connectivity index is 1.94. The Kier molecular flexibility index (Phi) is 2.95. The number of hydrogen-bond acceptors (Lipinski definition) is 5. The summed E-state index contributed by atoms with van der Waals surface area (Å²) in [6.45, 7) is 9.79. The Morgan fingerprint density at radius 3 is 2.50 bits per heavy atom. The Morgan fingerprint density at radius 2 is 1.94 bits per heavy atom. The van der Waals surface area contributed by atoms with Crippen LogP contribution in [0.4, 0.5) is 5.82 Å². The van der Waals surface area contributed by atoms with Gasteiger partial charge in [0.25, 0.3) is 0 Å². The maximum atomic E-state index is 6.02. The molecule has 5 nitrogen and oxygen atoms in total. The van der Waals surface area contributed by atoms with E-state index in [0.29, 0.717) is 11.9 Å². The van der Waals surface area contributed by atoms with Crippen LogP contribution in [0, 0.1) is 6.92 Å². The van der Waals surface area contributed by atoms with Gasteiger partial charge < -0.3 is 5.73 Å². The molecule has 0 spiro atoms. The molecule has 2 bridgehead atoms. The molecule has 0 saturated carbocycles. The third-order valence-corrected chi connectivity index (χ3v) is 4.21. The molecule has 3 fully saturated rings. The van der Waals surface area contributed by atoms with Crippen LogP contribution >= 0.6 is 0 Å². The molecule has 4 rings (SSSR count). The molecule has 98 valence electrons. The van der Waals surface area contributed by atoms with Gasteiger partial charge in [-0.05, 0) is 13.3 Å². The molecule has 1 aromatic heterocycles. The summed E-state index contributed by atoms with van der Waals surface area (Å²) in [5, 5.41) is 0. The van der Waals surface area contributed by atoms with Gasteiger partial charge in [-0.15, -0.1) is 0 Å². The number of nitrogen functional groups attached to an aromatic ring is 1. The molecule has 0 amide bonds. The number of aromatic nitrogens is 2. The largest absolute Gasteiger partial charge is 0.383 e. The molecule has 3 saturated heterocycles. The molecule has 0 radical (unpaired) electrons. The van der Waals surface area contributed by atoms with Crippen LogP contribution in [0.2, 0.25) is 0 Å². The number of nitrogens with zero attached hydrogens (tertiary/aromatic N) is 4. The zero-order valence-electron chi connectivity index (χ0n) is 11.2. The molecule has 1 atom stereocenters. The predicted octanol–water partition coefficient (Wildman–Crippen LogP) is 0.602. The van der Waals surface area contributed by atoms with Gasteiger partial charge in [0.05, 0.1) is 6.04 Å². The van der Waals surface area contributed by atoms with Gasteiger partial charge in [-0.2, -0.15) is 0 Å². The minimum Gasteiger partial charge on any atom is -0.383 e. The fourth-order valence-corrected chi connectivity index (χ4v) is 2.96. The van der Waals surface area contributed by atoms with Crippen LogP contribution in [0.15, 0.2) is 0 Å². The average molecular weight is 247 g/mol. The second kappa shape index (κ2) is 4.48. The summed E-state index contributed by atoms with van der Waals surface area (Å²) in [4.78, 5) is 14.2. The van der Waals surface area contributed by atoms with Crippen molar-refractivity contribution >= 4 is 5.82 Å². The summed E-state index contributed by atoms with van der Waals surface area (Å²) in [5.41, 5.74) is 8.15. The lowest BCUT2D eigenvalue weighted by Gasteiger charge is -2.46. The Morgan fingerprint density at radius 1 is 1.22 bits per heavy atom. The second-order valence-corrected chi connectivity index (χ2v) is 5.24. The maximum absolute atomic E-state index is 6.02. The Hall–Kier alpha value is -1.20. The zero-order chi connectivity index (χ0) is 12.7. The van der Waals surface area contributed by atoms with Crippen molar-refractivity contribution in [3.63, 3.8) is 0 Å². The molecule has 3 aliphatic rings. The van der Waals surface area contributed by atoms with Crippen molar-refractivity contribution in [3.05, 3.63) is 17.1 Å². The number of hydrogen-bond donors (Lipinski definition) is 1. The number of rotatable bonds is 2. The number of aryl methyl sites for hydroxylation is 1. The highest BCUT2D eigenvalue weighted by Gasteiger charge is 2.34. The number of piperazine rings is 3. The fourth-order valence-electron chi connectivity index (χ4n) is 2.96. The van der Waals surface area contributed by atoms with Gasteiger partial charge in [0.15, 0.2) is 0 Å². The Bertz CT molecular complexity index is 451. The normalized spacial score (nSPS) is 30.7. The first-order chi connectivity index (χ1) is 8.69. The van der Waals surface area contributed by atoms with Crippen LogP contribution in [0.25, 0.3) is 0 Å². The molecule has 0 aromatic carbocycles. The van der Waals surface area contributed by atoms with Gasteiger partial charge in [-0.25, -0.2) is 9.97 Å². The van der Waals surface area contributed by atoms with E-state index in [1.54, 1.807) is 0 Å². The van der Waals surface area contributed by atoms with Crippen LogP contribution in [-0.2, 0) is 6.42 Å². The highest BCUT2D eigenvalue weighted by molar-refractivity contribution is 5.41. The SMILES string of the molecule is CCc1nc(C2CN3CCN2CC3)nc(N)c1C. The molecule has 2 N–H and O–H groups in total. The van der Waals surface area contributed by atoms with E-state index in [9.17, 15) is 0 Å². The first kappa shape index (κ1) is 11.9. The first-order valence-electron chi connectivity index (χ1n) is 6.78. The summed E-state index contributed by atoms with van der Waals surface area (Å²) in [5.74, 6) is 1.56. The molecule has 0 aliphatic carbocycles. The van der Waals surface area contributed by atoms with Crippen LogP contribution < -0.4 is 5.73 Å². The molecule has 1 unspecified atom stereocenters. The van der Waals surface area contributed by atoms with Crippen LogP contribution in [-0.4, -0.2) is 52.5 Å². The van der Waals surface area contributed by atoms with Gasteiger partial charge in [-0.3, -0.25) is 9.80 Å². The smallest absolute Gasteiger partial charge is 0.149 e. The fraction of sp³-hybridized carbons (Fsp3) is 0.692. The predicted molar refractivity (Wildman–Crippen MR) is 71.3 cm³/mol. The van der Waals surface area contributed by atoms with Gasteiger partial charge in [0, 0.05) is 44.0 Å². The maximum Gasteiger partial charge on any atom is 0.149 e. The molecule has 4 heterocycles. The molecular formula is C13H21N5. The summed E-state index contributed by atoms with van der Waals surface area (Å²) < 4.78 is 0. The van der Waals surface area contributed by atoms with Crippen molar-refractivity contribution < 1.29 is 0 Å². The summed E-state index contributed by atoms with van der Waals surface area (Å²) in [6.07, 6.45) is 0.919. The van der Waals surface area contributed by atoms with E-state index in [0.717, 1.165) is 43.1 Å². The van der Waals surface area contributed by atoms with Crippen molar-refractivity contribution in [2.24, 2.45) is 0 Å². The minimum atomic E-state index is 0.334. The lowest BCUT2D eigenvalue weighted by atomic mass is 10.1. The van der Waals surface area contributed by atoms with E-state index in [2.05, 4.69) is 21.7 Å². The van der Waals surface area contributed by atoms with Crippen molar-refractivity contribution in [3.8, 4) is 0 Å². The van der Waals surface area contributed by atoms with Crippen molar-refractivity contribution in [1.82, 2.24) is 19.8 Å². The van der Waals surface area contributed by atoms with E-state index in [-0.39, 0.29) is 0 Å². The molecule has 5 heteroatoms. The highest BCUT2D eigenvalue weighted by Crippen LogP contribution is 2.28.